The molecule has 0 N–H and O–H groups in total. The van der Waals surface area contributed by atoms with Crippen LogP contribution in [0.2, 0.25) is 6.04 Å². The van der Waals surface area contributed by atoms with E-state index in [1.807, 2.05) is 0 Å². The molecule has 0 bridgehead atoms. The smallest absolute Gasteiger partial charge is 0.161 e. The Labute approximate surface area is 67.3 Å². The first-order valence-corrected chi connectivity index (χ1v) is 6.15. The quantitative estimate of drug-likeness (QED) is 0.307. The summed E-state index contributed by atoms with van der Waals surface area (Å²) >= 11 is 2.41. The van der Waals surface area contributed by atoms with Gasteiger partial charge in [0.2, 0.25) is 0 Å². The molecule has 0 amide bonds. The Morgan fingerprint density at radius 1 is 1.62 bits per heavy atom. The Balaban J connectivity index is 2.53. The first kappa shape index (κ1) is 8.91. The highest BCUT2D eigenvalue weighted by Crippen LogP contribution is 1.93. The van der Waals surface area contributed by atoms with Gasteiger partial charge in [0.15, 0.2) is 9.76 Å². The van der Waals surface area contributed by atoms with Crippen LogP contribution in [0.15, 0.2) is 0 Å². The van der Waals surface area contributed by atoms with Crippen LogP contribution in [-0.2, 0) is 4.43 Å². The fourth-order valence-corrected chi connectivity index (χ4v) is 2.95. The zero-order valence-corrected chi connectivity index (χ0v) is 8.89. The summed E-state index contributed by atoms with van der Waals surface area (Å²) in [7, 11) is -0.105. The Kier molecular flexibility index (Phi) is 8.80. The van der Waals surface area contributed by atoms with Crippen molar-refractivity contribution in [1.82, 2.24) is 0 Å². The Morgan fingerprint density at radius 2 is 2.38 bits per heavy atom. The molecule has 0 unspecified atom stereocenters. The van der Waals surface area contributed by atoms with Gasteiger partial charge in [0.1, 0.15) is 0 Å². The van der Waals surface area contributed by atoms with Gasteiger partial charge in [-0.15, -0.1) is 0 Å². The van der Waals surface area contributed by atoms with Crippen LogP contribution in [0, 0.1) is 0 Å². The highest BCUT2D eigenvalue weighted by molar-refractivity contribution is 14.1. The molecule has 0 aliphatic heterocycles. The van der Waals surface area contributed by atoms with E-state index in [1.165, 1.54) is 16.9 Å². The maximum absolute atomic E-state index is 5.27. The van der Waals surface area contributed by atoms with Crippen molar-refractivity contribution in [3.63, 3.8) is 0 Å². The topological polar surface area (TPSA) is 9.23 Å². The first-order chi connectivity index (χ1) is 3.91. The molecule has 0 saturated carbocycles. The second-order valence-corrected chi connectivity index (χ2v) is 4.20. The minimum absolute atomic E-state index is 0.105. The summed E-state index contributed by atoms with van der Waals surface area (Å²) in [5.41, 5.74) is 0. The third-order valence-corrected chi connectivity index (χ3v) is 3.12. The van der Waals surface area contributed by atoms with Crippen LogP contribution in [0.25, 0.3) is 0 Å². The fourth-order valence-electron chi connectivity index (χ4n) is 0.443. The Morgan fingerprint density at radius 3 is 2.88 bits per heavy atom. The molecule has 8 heavy (non-hydrogen) atoms. The van der Waals surface area contributed by atoms with Crippen LogP contribution in [0.4, 0.5) is 0 Å². The SMILES string of the molecule is CCO[SiH2]CCCI. The highest BCUT2D eigenvalue weighted by atomic mass is 127. The van der Waals surface area contributed by atoms with Crippen LogP contribution in [0.5, 0.6) is 0 Å². The minimum atomic E-state index is -0.105. The molecule has 0 fully saturated rings. The number of rotatable bonds is 5. The zero-order chi connectivity index (χ0) is 6.24. The van der Waals surface area contributed by atoms with E-state index >= 15 is 0 Å². The van der Waals surface area contributed by atoms with Crippen molar-refractivity contribution in [1.29, 1.82) is 0 Å². The fraction of sp³-hybridized carbons (Fsp3) is 1.00. The highest BCUT2D eigenvalue weighted by Gasteiger charge is 1.84. The third kappa shape index (κ3) is 6.91. The van der Waals surface area contributed by atoms with E-state index in [0.29, 0.717) is 0 Å². The summed E-state index contributed by atoms with van der Waals surface area (Å²) in [4.78, 5) is 0. The van der Waals surface area contributed by atoms with Gasteiger partial charge in [0.25, 0.3) is 0 Å². The number of alkyl halides is 1. The summed E-state index contributed by atoms with van der Waals surface area (Å²) in [6, 6.07) is 1.36. The monoisotopic (exact) mass is 244 g/mol. The summed E-state index contributed by atoms with van der Waals surface area (Å²) < 4.78 is 6.56. The molecule has 0 heterocycles. The van der Waals surface area contributed by atoms with E-state index in [9.17, 15) is 0 Å². The van der Waals surface area contributed by atoms with Gasteiger partial charge in [-0.3, -0.25) is 0 Å². The zero-order valence-electron chi connectivity index (χ0n) is 5.32. The van der Waals surface area contributed by atoms with E-state index in [4.69, 9.17) is 4.43 Å². The average Bonchev–Trinajstić information content (AvgIpc) is 1.81. The van der Waals surface area contributed by atoms with Gasteiger partial charge in [0, 0.05) is 6.61 Å². The molecule has 3 heteroatoms. The van der Waals surface area contributed by atoms with Crippen molar-refractivity contribution >= 4 is 32.4 Å². The lowest BCUT2D eigenvalue weighted by molar-refractivity contribution is 0.359. The second kappa shape index (κ2) is 7.91. The van der Waals surface area contributed by atoms with E-state index < -0.39 is 0 Å². The van der Waals surface area contributed by atoms with Crippen LogP contribution in [0.3, 0.4) is 0 Å². The predicted molar refractivity (Wildman–Crippen MR) is 48.5 cm³/mol. The molecule has 0 saturated heterocycles. The molecule has 0 aliphatic carbocycles. The van der Waals surface area contributed by atoms with Crippen molar-refractivity contribution in [2.75, 3.05) is 11.0 Å². The van der Waals surface area contributed by atoms with Gasteiger partial charge in [-0.2, -0.15) is 0 Å². The summed E-state index contributed by atoms with van der Waals surface area (Å²) in [6.45, 7) is 2.99. The molecule has 0 radical (unpaired) electrons. The molecule has 0 spiro atoms. The molecule has 0 aliphatic rings. The van der Waals surface area contributed by atoms with Crippen LogP contribution >= 0.6 is 22.6 Å². The maximum atomic E-state index is 5.27. The Bertz CT molecular complexity index is 37.4. The van der Waals surface area contributed by atoms with Crippen molar-refractivity contribution in [2.24, 2.45) is 0 Å². The Hall–Kier alpha value is 0.907. The standard InChI is InChI=1S/C5H13IOSi/c1-2-7-8-5-3-4-6/h2-5,8H2,1H3. The van der Waals surface area contributed by atoms with Gasteiger partial charge < -0.3 is 4.43 Å². The molecule has 0 aromatic carbocycles. The van der Waals surface area contributed by atoms with Crippen molar-refractivity contribution in [3.8, 4) is 0 Å². The normalized spacial score (nSPS) is 11.2. The van der Waals surface area contributed by atoms with E-state index in [0.717, 1.165) is 6.61 Å². The van der Waals surface area contributed by atoms with E-state index in [1.54, 1.807) is 0 Å². The van der Waals surface area contributed by atoms with Gasteiger partial charge in [-0.05, 0) is 23.8 Å². The lowest BCUT2D eigenvalue weighted by Gasteiger charge is -1.95. The van der Waals surface area contributed by atoms with Crippen molar-refractivity contribution in [3.05, 3.63) is 0 Å². The summed E-state index contributed by atoms with van der Waals surface area (Å²) in [6.07, 6.45) is 1.35. The van der Waals surface area contributed by atoms with Gasteiger partial charge in [-0.1, -0.05) is 22.6 Å². The van der Waals surface area contributed by atoms with Crippen molar-refractivity contribution < 1.29 is 4.43 Å². The molecule has 0 aromatic rings. The van der Waals surface area contributed by atoms with Gasteiger partial charge in [0.05, 0.1) is 0 Å². The van der Waals surface area contributed by atoms with Crippen molar-refractivity contribution in [2.45, 2.75) is 19.4 Å². The molecule has 0 rings (SSSR count). The lowest BCUT2D eigenvalue weighted by Crippen LogP contribution is -1.96. The largest absolute Gasteiger partial charge is 0.424 e. The van der Waals surface area contributed by atoms with Crippen LogP contribution < -0.4 is 0 Å². The maximum Gasteiger partial charge on any atom is 0.161 e. The molecule has 0 aromatic heterocycles. The number of hydrogen-bond donors (Lipinski definition) is 0. The van der Waals surface area contributed by atoms with Crippen LogP contribution in [-0.4, -0.2) is 20.8 Å². The van der Waals surface area contributed by atoms with E-state index in [2.05, 4.69) is 29.5 Å². The van der Waals surface area contributed by atoms with Crippen LogP contribution in [0.1, 0.15) is 13.3 Å². The van der Waals surface area contributed by atoms with Gasteiger partial charge in [-0.25, -0.2) is 0 Å². The summed E-state index contributed by atoms with van der Waals surface area (Å²) in [5.74, 6) is 0. The minimum Gasteiger partial charge on any atom is -0.424 e. The van der Waals surface area contributed by atoms with Gasteiger partial charge >= 0.3 is 0 Å². The van der Waals surface area contributed by atoms with E-state index in [-0.39, 0.29) is 9.76 Å². The molecular weight excluding hydrogens is 231 g/mol. The number of halogens is 1. The summed E-state index contributed by atoms with van der Waals surface area (Å²) in [5, 5.41) is 0. The third-order valence-electron chi connectivity index (χ3n) is 0.876. The average molecular weight is 244 g/mol. The lowest BCUT2D eigenvalue weighted by atomic mass is 10.6. The second-order valence-electron chi connectivity index (χ2n) is 1.59. The molecular formula is C5H13IOSi. The molecule has 1 nitrogen and oxygen atoms in total. The molecule has 0 atom stereocenters. The first-order valence-electron chi connectivity index (χ1n) is 3.05. The number of hydrogen-bond acceptors (Lipinski definition) is 1. The predicted octanol–water partition coefficient (Wildman–Crippen LogP) is 1.35. The molecule has 50 valence electrons.